The maximum absolute atomic E-state index is 12.2. The highest BCUT2D eigenvalue weighted by Gasteiger charge is 2.19. The number of amides is 2. The van der Waals surface area contributed by atoms with Gasteiger partial charge in [-0.25, -0.2) is 0 Å². The van der Waals surface area contributed by atoms with Gasteiger partial charge in [0.15, 0.2) is 0 Å². The first-order valence-corrected chi connectivity index (χ1v) is 7.84. The molecular weight excluding hydrogens is 351 g/mol. The highest BCUT2D eigenvalue weighted by atomic mass is 35.5. The number of nitrogens with zero attached hydrogens (tertiary/aromatic N) is 1. The van der Waals surface area contributed by atoms with E-state index in [1.165, 1.54) is 11.8 Å². The quantitative estimate of drug-likeness (QED) is 0.869. The van der Waals surface area contributed by atoms with Gasteiger partial charge in [0.05, 0.1) is 22.8 Å². The Kier molecular flexibility index (Phi) is 6.06. The lowest BCUT2D eigenvalue weighted by Gasteiger charge is -2.22. The lowest BCUT2D eigenvalue weighted by Crippen LogP contribution is -2.36. The van der Waals surface area contributed by atoms with Crippen molar-refractivity contribution in [2.24, 2.45) is 0 Å². The van der Waals surface area contributed by atoms with Gasteiger partial charge in [-0.15, -0.1) is 0 Å². The van der Waals surface area contributed by atoms with E-state index in [1.807, 2.05) is 0 Å². The van der Waals surface area contributed by atoms with Gasteiger partial charge >= 0.3 is 0 Å². The third-order valence-corrected chi connectivity index (χ3v) is 4.09. The predicted octanol–water partition coefficient (Wildman–Crippen LogP) is 3.99. The van der Waals surface area contributed by atoms with E-state index in [0.29, 0.717) is 22.1 Å². The first kappa shape index (κ1) is 18.1. The fourth-order valence-corrected chi connectivity index (χ4v) is 2.48. The van der Waals surface area contributed by atoms with E-state index in [-0.39, 0.29) is 23.4 Å². The van der Waals surface area contributed by atoms with Gasteiger partial charge in [-0.1, -0.05) is 29.3 Å². The van der Waals surface area contributed by atoms with Gasteiger partial charge in [-0.2, -0.15) is 0 Å². The number of methoxy groups -OCH3 is 1. The van der Waals surface area contributed by atoms with E-state index >= 15 is 0 Å². The fourth-order valence-electron chi connectivity index (χ4n) is 2.09. The van der Waals surface area contributed by atoms with Crippen LogP contribution in [0, 0.1) is 0 Å². The third-order valence-electron chi connectivity index (χ3n) is 3.28. The zero-order chi connectivity index (χ0) is 17.7. The highest BCUT2D eigenvalue weighted by molar-refractivity contribution is 6.44. The summed E-state index contributed by atoms with van der Waals surface area (Å²) in [5.41, 5.74) is 0.989. The smallest absolute Gasteiger partial charge is 0.244 e. The van der Waals surface area contributed by atoms with Gasteiger partial charge in [0, 0.05) is 12.6 Å². The maximum Gasteiger partial charge on any atom is 0.244 e. The molecule has 0 aromatic heterocycles. The minimum absolute atomic E-state index is 0.179. The lowest BCUT2D eigenvalue weighted by atomic mass is 10.2. The summed E-state index contributed by atoms with van der Waals surface area (Å²) in [5.74, 6) is 0.0135. The number of hydrogen-bond donors (Lipinski definition) is 1. The number of anilines is 2. The van der Waals surface area contributed by atoms with Crippen LogP contribution in [-0.2, 0) is 9.59 Å². The molecule has 0 aliphatic rings. The van der Waals surface area contributed by atoms with Crippen molar-refractivity contribution in [1.29, 1.82) is 0 Å². The number of carbonyl (C=O) groups is 2. The third kappa shape index (κ3) is 4.40. The number of halogens is 2. The van der Waals surface area contributed by atoms with Crippen LogP contribution in [0.2, 0.25) is 10.0 Å². The van der Waals surface area contributed by atoms with Crippen molar-refractivity contribution in [3.63, 3.8) is 0 Å². The molecule has 0 heterocycles. The first-order chi connectivity index (χ1) is 11.4. The molecule has 126 valence electrons. The van der Waals surface area contributed by atoms with Crippen molar-refractivity contribution in [3.8, 4) is 5.75 Å². The van der Waals surface area contributed by atoms with Gasteiger partial charge in [0.25, 0.3) is 0 Å². The molecule has 2 aromatic rings. The molecule has 5 nitrogen and oxygen atoms in total. The molecule has 0 saturated heterocycles. The summed E-state index contributed by atoms with van der Waals surface area (Å²) >= 11 is 12.1. The molecule has 0 aliphatic heterocycles. The number of ether oxygens (including phenoxy) is 1. The number of benzene rings is 2. The minimum atomic E-state index is -0.355. The standard InChI is InChI=1S/C17H16Cl2N2O3/c1-11(22)21(15-5-3-4-14(18)17(15)19)10-16(23)20-12-6-8-13(24-2)9-7-12/h3-9H,10H2,1-2H3,(H,20,23). The summed E-state index contributed by atoms with van der Waals surface area (Å²) in [6, 6.07) is 11.8. The second-order valence-electron chi connectivity index (χ2n) is 4.95. The lowest BCUT2D eigenvalue weighted by molar-refractivity contribution is -0.120. The van der Waals surface area contributed by atoms with Crippen LogP contribution in [-0.4, -0.2) is 25.5 Å². The van der Waals surface area contributed by atoms with E-state index in [0.717, 1.165) is 0 Å². The summed E-state index contributed by atoms with van der Waals surface area (Å²) in [5, 5.41) is 3.26. The Labute approximate surface area is 150 Å². The molecule has 2 rings (SSSR count). The van der Waals surface area contributed by atoms with E-state index in [9.17, 15) is 9.59 Å². The molecule has 7 heteroatoms. The Morgan fingerprint density at radius 1 is 1.12 bits per heavy atom. The van der Waals surface area contributed by atoms with Gasteiger partial charge in [0.2, 0.25) is 11.8 Å². The van der Waals surface area contributed by atoms with E-state index in [4.69, 9.17) is 27.9 Å². The molecule has 0 fully saturated rings. The van der Waals surface area contributed by atoms with Crippen molar-refractivity contribution in [2.45, 2.75) is 6.92 Å². The van der Waals surface area contributed by atoms with Gasteiger partial charge in [-0.05, 0) is 36.4 Å². The van der Waals surface area contributed by atoms with E-state index in [2.05, 4.69) is 5.32 Å². The summed E-state index contributed by atoms with van der Waals surface area (Å²) in [7, 11) is 1.56. The molecule has 0 aliphatic carbocycles. The minimum Gasteiger partial charge on any atom is -0.497 e. The van der Waals surface area contributed by atoms with E-state index < -0.39 is 0 Å². The predicted molar refractivity (Wildman–Crippen MR) is 96.1 cm³/mol. The molecule has 2 amide bonds. The van der Waals surface area contributed by atoms with Crippen molar-refractivity contribution < 1.29 is 14.3 Å². The molecule has 2 aromatic carbocycles. The molecule has 1 N–H and O–H groups in total. The second kappa shape index (κ2) is 8.04. The van der Waals surface area contributed by atoms with Crippen LogP contribution in [0.5, 0.6) is 5.75 Å². The zero-order valence-corrected chi connectivity index (χ0v) is 14.7. The number of carbonyl (C=O) groups excluding carboxylic acids is 2. The SMILES string of the molecule is COc1ccc(NC(=O)CN(C(C)=O)c2cccc(Cl)c2Cl)cc1. The van der Waals surface area contributed by atoms with Crippen LogP contribution in [0.4, 0.5) is 11.4 Å². The van der Waals surface area contributed by atoms with Crippen LogP contribution in [0.25, 0.3) is 0 Å². The van der Waals surface area contributed by atoms with Crippen LogP contribution in [0.15, 0.2) is 42.5 Å². The molecule has 0 spiro atoms. The largest absolute Gasteiger partial charge is 0.497 e. The molecule has 0 bridgehead atoms. The van der Waals surface area contributed by atoms with Crippen molar-refractivity contribution >= 4 is 46.4 Å². The average molecular weight is 367 g/mol. The van der Waals surface area contributed by atoms with Crippen molar-refractivity contribution in [3.05, 3.63) is 52.5 Å². The number of hydrogen-bond acceptors (Lipinski definition) is 3. The summed E-state index contributed by atoms with van der Waals surface area (Å²) < 4.78 is 5.06. The Bertz CT molecular complexity index is 748. The molecule has 0 saturated carbocycles. The van der Waals surface area contributed by atoms with Crippen LogP contribution >= 0.6 is 23.2 Å². The molecule has 0 unspecified atom stereocenters. The van der Waals surface area contributed by atoms with Crippen LogP contribution in [0.3, 0.4) is 0 Å². The highest BCUT2D eigenvalue weighted by Crippen LogP contribution is 2.32. The van der Waals surface area contributed by atoms with E-state index in [1.54, 1.807) is 49.6 Å². The topological polar surface area (TPSA) is 58.6 Å². The van der Waals surface area contributed by atoms with Crippen molar-refractivity contribution in [2.75, 3.05) is 23.9 Å². The van der Waals surface area contributed by atoms with Crippen LogP contribution in [0.1, 0.15) is 6.92 Å². The van der Waals surface area contributed by atoms with Crippen LogP contribution < -0.4 is 15.0 Å². The first-order valence-electron chi connectivity index (χ1n) is 7.08. The summed E-state index contributed by atoms with van der Waals surface area (Å²) in [6.45, 7) is 1.18. The van der Waals surface area contributed by atoms with Gasteiger partial charge < -0.3 is 15.0 Å². The summed E-state index contributed by atoms with van der Waals surface area (Å²) in [6.07, 6.45) is 0. The monoisotopic (exact) mass is 366 g/mol. The van der Waals surface area contributed by atoms with Crippen molar-refractivity contribution in [1.82, 2.24) is 0 Å². The zero-order valence-electron chi connectivity index (χ0n) is 13.2. The number of nitrogens with one attached hydrogen (secondary N) is 1. The van der Waals surface area contributed by atoms with Gasteiger partial charge in [0.1, 0.15) is 12.3 Å². The normalized spacial score (nSPS) is 10.2. The Morgan fingerprint density at radius 3 is 2.38 bits per heavy atom. The fraction of sp³-hybridized carbons (Fsp3) is 0.176. The second-order valence-corrected chi connectivity index (χ2v) is 5.74. The molecular formula is C17H16Cl2N2O3. The Hall–Kier alpha value is -2.24. The van der Waals surface area contributed by atoms with Gasteiger partial charge in [-0.3, -0.25) is 9.59 Å². The average Bonchev–Trinajstić information content (AvgIpc) is 2.56. The summed E-state index contributed by atoms with van der Waals surface area (Å²) in [4.78, 5) is 25.4. The molecule has 24 heavy (non-hydrogen) atoms. The molecule has 0 atom stereocenters. The maximum atomic E-state index is 12.2. The Morgan fingerprint density at radius 2 is 1.79 bits per heavy atom. The Balaban J connectivity index is 2.13. The molecule has 0 radical (unpaired) electrons. The number of rotatable bonds is 5.